The minimum atomic E-state index is 0.827. The third-order valence-corrected chi connectivity index (χ3v) is 5.19. The molecule has 138 valence electrons. The number of aromatic nitrogens is 2. The monoisotopic (exact) mass is 358 g/mol. The number of rotatable bonds is 5. The molecule has 0 fully saturated rings. The topological polar surface area (TPSA) is 32.3 Å². The van der Waals surface area contributed by atoms with Crippen LogP contribution < -0.4 is 9.80 Å². The van der Waals surface area contributed by atoms with E-state index in [1.165, 1.54) is 16.7 Å². The third-order valence-electron chi connectivity index (χ3n) is 5.19. The van der Waals surface area contributed by atoms with E-state index in [0.29, 0.717) is 0 Å². The zero-order valence-corrected chi connectivity index (χ0v) is 16.1. The van der Waals surface area contributed by atoms with Crippen LogP contribution in [0.25, 0.3) is 0 Å². The maximum absolute atomic E-state index is 4.74. The van der Waals surface area contributed by atoms with Crippen LogP contribution in [0.2, 0.25) is 0 Å². The highest BCUT2D eigenvalue weighted by Gasteiger charge is 2.19. The molecule has 0 N–H and O–H groups in total. The lowest BCUT2D eigenvalue weighted by Gasteiger charge is -2.31. The Morgan fingerprint density at radius 3 is 2.48 bits per heavy atom. The molecular weight excluding hydrogens is 332 g/mol. The summed E-state index contributed by atoms with van der Waals surface area (Å²) in [5, 5.41) is 0. The Morgan fingerprint density at radius 1 is 0.963 bits per heavy atom. The fraction of sp³-hybridized carbons (Fsp3) is 0.304. The molecule has 0 radical (unpaired) electrons. The second kappa shape index (κ2) is 7.78. The summed E-state index contributed by atoms with van der Waals surface area (Å²) in [7, 11) is 0. The molecule has 1 aliphatic rings. The van der Waals surface area contributed by atoms with Gasteiger partial charge in [0, 0.05) is 32.2 Å². The van der Waals surface area contributed by atoms with E-state index < -0.39 is 0 Å². The van der Waals surface area contributed by atoms with Gasteiger partial charge in [-0.1, -0.05) is 54.6 Å². The predicted molar refractivity (Wildman–Crippen MR) is 111 cm³/mol. The van der Waals surface area contributed by atoms with Crippen LogP contribution in [0.1, 0.15) is 29.4 Å². The second-order valence-corrected chi connectivity index (χ2v) is 7.07. The molecule has 0 bridgehead atoms. The lowest BCUT2D eigenvalue weighted by Crippen LogP contribution is -2.32. The summed E-state index contributed by atoms with van der Waals surface area (Å²) in [5.74, 6) is 2.86. The highest BCUT2D eigenvalue weighted by molar-refractivity contribution is 5.53. The van der Waals surface area contributed by atoms with Gasteiger partial charge in [-0.2, -0.15) is 0 Å². The summed E-state index contributed by atoms with van der Waals surface area (Å²) in [6, 6.07) is 21.4. The quantitative estimate of drug-likeness (QED) is 0.678. The number of anilines is 2. The second-order valence-electron chi connectivity index (χ2n) is 7.07. The van der Waals surface area contributed by atoms with Crippen molar-refractivity contribution in [1.29, 1.82) is 0 Å². The fourth-order valence-corrected chi connectivity index (χ4v) is 3.71. The van der Waals surface area contributed by atoms with Crippen molar-refractivity contribution in [2.24, 2.45) is 0 Å². The Morgan fingerprint density at radius 2 is 1.70 bits per heavy atom. The van der Waals surface area contributed by atoms with Crippen LogP contribution in [0.5, 0.6) is 0 Å². The van der Waals surface area contributed by atoms with Gasteiger partial charge in [0.05, 0.1) is 0 Å². The molecule has 4 rings (SSSR count). The van der Waals surface area contributed by atoms with E-state index in [9.17, 15) is 0 Å². The van der Waals surface area contributed by atoms with Crippen molar-refractivity contribution in [2.45, 2.75) is 33.4 Å². The molecule has 4 heteroatoms. The van der Waals surface area contributed by atoms with Gasteiger partial charge in [-0.15, -0.1) is 0 Å². The van der Waals surface area contributed by atoms with E-state index in [0.717, 1.165) is 50.1 Å². The Bertz CT molecular complexity index is 887. The summed E-state index contributed by atoms with van der Waals surface area (Å²) < 4.78 is 0. The smallest absolute Gasteiger partial charge is 0.134 e. The van der Waals surface area contributed by atoms with Crippen molar-refractivity contribution in [3.63, 3.8) is 0 Å². The van der Waals surface area contributed by atoms with Gasteiger partial charge < -0.3 is 9.80 Å². The van der Waals surface area contributed by atoms with Crippen molar-refractivity contribution >= 4 is 11.6 Å². The van der Waals surface area contributed by atoms with Gasteiger partial charge in [-0.25, -0.2) is 9.97 Å². The zero-order chi connectivity index (χ0) is 18.6. The summed E-state index contributed by atoms with van der Waals surface area (Å²) in [4.78, 5) is 14.2. The van der Waals surface area contributed by atoms with Gasteiger partial charge in [-0.3, -0.25) is 0 Å². The van der Waals surface area contributed by atoms with Crippen LogP contribution >= 0.6 is 0 Å². The lowest BCUT2D eigenvalue weighted by molar-refractivity contribution is 0.714. The lowest BCUT2D eigenvalue weighted by atomic mass is 10.00. The Labute approximate surface area is 161 Å². The van der Waals surface area contributed by atoms with Gasteiger partial charge in [0.2, 0.25) is 0 Å². The minimum absolute atomic E-state index is 0.827. The van der Waals surface area contributed by atoms with Crippen LogP contribution in [0.3, 0.4) is 0 Å². The Kier molecular flexibility index (Phi) is 5.05. The van der Waals surface area contributed by atoms with E-state index >= 15 is 0 Å². The van der Waals surface area contributed by atoms with Gasteiger partial charge in [-0.05, 0) is 37.0 Å². The van der Waals surface area contributed by atoms with Crippen molar-refractivity contribution < 1.29 is 0 Å². The van der Waals surface area contributed by atoms with Crippen molar-refractivity contribution in [3.8, 4) is 0 Å². The van der Waals surface area contributed by atoms with E-state index in [1.807, 2.05) is 6.92 Å². The van der Waals surface area contributed by atoms with Crippen LogP contribution in [-0.2, 0) is 19.5 Å². The molecule has 0 saturated heterocycles. The molecule has 27 heavy (non-hydrogen) atoms. The van der Waals surface area contributed by atoms with Gasteiger partial charge in [0.25, 0.3) is 0 Å². The fourth-order valence-electron chi connectivity index (χ4n) is 3.71. The average molecular weight is 358 g/mol. The number of benzene rings is 2. The summed E-state index contributed by atoms with van der Waals surface area (Å²) in [5.41, 5.74) is 4.15. The molecule has 1 aromatic heterocycles. The average Bonchev–Trinajstić information content (AvgIpc) is 2.72. The maximum atomic E-state index is 4.74. The van der Waals surface area contributed by atoms with E-state index in [-0.39, 0.29) is 0 Å². The predicted octanol–water partition coefficient (Wildman–Crippen LogP) is 4.37. The molecule has 2 heterocycles. The summed E-state index contributed by atoms with van der Waals surface area (Å²) in [6.07, 6.45) is 1.07. The van der Waals surface area contributed by atoms with Crippen LogP contribution in [0, 0.1) is 6.92 Å². The first-order chi connectivity index (χ1) is 13.2. The SMILES string of the molecule is CCN(Cc1ccccc1)c1cc(N2CCc3ccccc3C2)nc(C)n1. The zero-order valence-electron chi connectivity index (χ0n) is 16.1. The third kappa shape index (κ3) is 3.95. The van der Waals surface area contributed by atoms with Crippen LogP contribution in [0.15, 0.2) is 60.7 Å². The standard InChI is InChI=1S/C23H26N4/c1-3-26(16-19-9-5-4-6-10-19)22-15-23(25-18(2)24-22)27-14-13-20-11-7-8-12-21(20)17-27/h4-12,15H,3,13-14,16-17H2,1-2H3. The number of fused-ring (bicyclic) bond motifs is 1. The first-order valence-corrected chi connectivity index (χ1v) is 9.69. The molecule has 0 amide bonds. The van der Waals surface area contributed by atoms with Crippen LogP contribution in [-0.4, -0.2) is 23.1 Å². The molecule has 0 atom stereocenters. The molecule has 3 aromatic rings. The van der Waals surface area contributed by atoms with Gasteiger partial charge in [0.15, 0.2) is 0 Å². The number of aryl methyl sites for hydroxylation is 1. The van der Waals surface area contributed by atoms with Gasteiger partial charge in [0.1, 0.15) is 17.5 Å². The molecule has 0 saturated carbocycles. The largest absolute Gasteiger partial charge is 0.352 e. The van der Waals surface area contributed by atoms with Crippen molar-refractivity contribution in [1.82, 2.24) is 9.97 Å². The molecular formula is C23H26N4. The van der Waals surface area contributed by atoms with Gasteiger partial charge >= 0.3 is 0 Å². The number of hydrogen-bond acceptors (Lipinski definition) is 4. The minimum Gasteiger partial charge on any atom is -0.352 e. The molecule has 2 aromatic carbocycles. The molecule has 0 spiro atoms. The van der Waals surface area contributed by atoms with Crippen molar-refractivity contribution in [2.75, 3.05) is 22.9 Å². The molecule has 0 aliphatic carbocycles. The van der Waals surface area contributed by atoms with E-state index in [4.69, 9.17) is 9.97 Å². The first kappa shape index (κ1) is 17.5. The van der Waals surface area contributed by atoms with Crippen molar-refractivity contribution in [3.05, 3.63) is 83.2 Å². The first-order valence-electron chi connectivity index (χ1n) is 9.69. The normalized spacial score (nSPS) is 13.3. The Balaban J connectivity index is 1.59. The molecule has 4 nitrogen and oxygen atoms in total. The summed E-state index contributed by atoms with van der Waals surface area (Å²) in [6.45, 7) is 7.84. The molecule has 0 unspecified atom stereocenters. The van der Waals surface area contributed by atoms with E-state index in [1.54, 1.807) is 0 Å². The Hall–Kier alpha value is -2.88. The van der Waals surface area contributed by atoms with E-state index in [2.05, 4.69) is 77.4 Å². The maximum Gasteiger partial charge on any atom is 0.134 e. The number of nitrogens with zero attached hydrogens (tertiary/aromatic N) is 4. The molecule has 1 aliphatic heterocycles. The highest BCUT2D eigenvalue weighted by Crippen LogP contribution is 2.26. The van der Waals surface area contributed by atoms with Crippen LogP contribution in [0.4, 0.5) is 11.6 Å². The highest BCUT2D eigenvalue weighted by atomic mass is 15.2. The summed E-state index contributed by atoms with van der Waals surface area (Å²) >= 11 is 0. The number of hydrogen-bond donors (Lipinski definition) is 0.